The lowest BCUT2D eigenvalue weighted by atomic mass is 10.1. The Hall–Kier alpha value is -0.960. The Kier molecular flexibility index (Phi) is 3.24. The van der Waals surface area contributed by atoms with Crippen molar-refractivity contribution in [2.45, 2.75) is 0 Å². The summed E-state index contributed by atoms with van der Waals surface area (Å²) in [5, 5.41) is 0.944. The molecule has 2 nitrogen and oxygen atoms in total. The highest BCUT2D eigenvalue weighted by Gasteiger charge is 2.09. The molecule has 16 heavy (non-hydrogen) atoms. The minimum Gasteiger partial charge on any atom is -0.367 e. The number of pyridine rings is 1. The van der Waals surface area contributed by atoms with Gasteiger partial charge in [0.15, 0.2) is 5.43 Å². The Bertz CT molecular complexity index is 569. The quantitative estimate of drug-likeness (QED) is 0.783. The van der Waals surface area contributed by atoms with E-state index in [0.29, 0.717) is 26.2 Å². The van der Waals surface area contributed by atoms with E-state index in [1.54, 1.807) is 24.5 Å². The molecule has 1 aromatic carbocycles. The summed E-state index contributed by atoms with van der Waals surface area (Å²) < 4.78 is 0. The standard InChI is InChI=1S/C11H6Cl3NO/c12-8-3-6(4-9(13)11(8)14)7-5-15-2-1-10(7)16/h1-5H,(H,15,16). The van der Waals surface area contributed by atoms with E-state index in [9.17, 15) is 4.79 Å². The lowest BCUT2D eigenvalue weighted by Crippen LogP contribution is -2.02. The summed E-state index contributed by atoms with van der Waals surface area (Å²) in [6, 6.07) is 4.66. The average molecular weight is 275 g/mol. The second-order valence-corrected chi connectivity index (χ2v) is 4.37. The van der Waals surface area contributed by atoms with Crippen LogP contribution in [0.25, 0.3) is 11.1 Å². The third-order valence-corrected chi connectivity index (χ3v) is 3.32. The van der Waals surface area contributed by atoms with E-state index in [1.807, 2.05) is 0 Å². The Labute approximate surface area is 107 Å². The van der Waals surface area contributed by atoms with Crippen LogP contribution in [0.2, 0.25) is 15.1 Å². The number of rotatable bonds is 1. The molecule has 0 radical (unpaired) electrons. The van der Waals surface area contributed by atoms with Crippen molar-refractivity contribution in [2.75, 3.05) is 0 Å². The molecule has 0 unspecified atom stereocenters. The molecule has 0 amide bonds. The van der Waals surface area contributed by atoms with Gasteiger partial charge in [0.25, 0.3) is 0 Å². The number of hydrogen-bond donors (Lipinski definition) is 1. The molecule has 1 heterocycles. The highest BCUT2D eigenvalue weighted by molar-refractivity contribution is 6.48. The first-order chi connectivity index (χ1) is 7.59. The van der Waals surface area contributed by atoms with E-state index in [1.165, 1.54) is 6.07 Å². The predicted molar refractivity (Wildman–Crippen MR) is 67.5 cm³/mol. The van der Waals surface area contributed by atoms with Crippen molar-refractivity contribution < 1.29 is 0 Å². The maximum absolute atomic E-state index is 11.6. The van der Waals surface area contributed by atoms with Gasteiger partial charge in [0, 0.05) is 24.0 Å². The molecule has 0 saturated carbocycles. The van der Waals surface area contributed by atoms with Crippen molar-refractivity contribution in [3.63, 3.8) is 0 Å². The van der Waals surface area contributed by atoms with Gasteiger partial charge in [-0.15, -0.1) is 0 Å². The van der Waals surface area contributed by atoms with Gasteiger partial charge in [0.05, 0.1) is 15.1 Å². The zero-order chi connectivity index (χ0) is 11.7. The number of H-pyrrole nitrogens is 1. The summed E-state index contributed by atoms with van der Waals surface area (Å²) >= 11 is 17.6. The van der Waals surface area contributed by atoms with Gasteiger partial charge in [-0.05, 0) is 17.7 Å². The Morgan fingerprint density at radius 2 is 1.69 bits per heavy atom. The van der Waals surface area contributed by atoms with Crippen LogP contribution < -0.4 is 5.43 Å². The monoisotopic (exact) mass is 273 g/mol. The van der Waals surface area contributed by atoms with Crippen LogP contribution in [-0.4, -0.2) is 4.98 Å². The average Bonchev–Trinajstić information content (AvgIpc) is 2.26. The highest BCUT2D eigenvalue weighted by Crippen LogP contribution is 2.33. The number of halogens is 3. The molecule has 0 aliphatic rings. The van der Waals surface area contributed by atoms with Gasteiger partial charge in [-0.25, -0.2) is 0 Å². The molecular weight excluding hydrogens is 268 g/mol. The molecular formula is C11H6Cl3NO. The fraction of sp³-hybridized carbons (Fsp3) is 0. The third kappa shape index (κ3) is 2.09. The lowest BCUT2D eigenvalue weighted by Gasteiger charge is -2.04. The van der Waals surface area contributed by atoms with Crippen molar-refractivity contribution in [1.29, 1.82) is 0 Å². The van der Waals surface area contributed by atoms with Crippen LogP contribution >= 0.6 is 34.8 Å². The molecule has 0 bridgehead atoms. The van der Waals surface area contributed by atoms with Crippen LogP contribution in [0.4, 0.5) is 0 Å². The predicted octanol–water partition coefficient (Wildman–Crippen LogP) is 4.00. The van der Waals surface area contributed by atoms with E-state index in [4.69, 9.17) is 34.8 Å². The molecule has 1 N–H and O–H groups in total. The van der Waals surface area contributed by atoms with Crippen LogP contribution in [0.5, 0.6) is 0 Å². The summed E-state index contributed by atoms with van der Waals surface area (Å²) in [6.07, 6.45) is 3.16. The van der Waals surface area contributed by atoms with Crippen LogP contribution in [-0.2, 0) is 0 Å². The zero-order valence-corrected chi connectivity index (χ0v) is 10.2. The molecule has 0 aliphatic heterocycles. The van der Waals surface area contributed by atoms with Gasteiger partial charge in [-0.3, -0.25) is 4.79 Å². The SMILES string of the molecule is O=c1cc[nH]cc1-c1cc(Cl)c(Cl)c(Cl)c1. The first-order valence-corrected chi connectivity index (χ1v) is 5.55. The fourth-order valence-electron chi connectivity index (χ4n) is 1.35. The van der Waals surface area contributed by atoms with E-state index in [-0.39, 0.29) is 5.43 Å². The highest BCUT2D eigenvalue weighted by atomic mass is 35.5. The summed E-state index contributed by atoms with van der Waals surface area (Å²) in [4.78, 5) is 14.4. The molecule has 0 atom stereocenters. The van der Waals surface area contributed by atoms with Gasteiger partial charge in [-0.1, -0.05) is 34.8 Å². The number of benzene rings is 1. The summed E-state index contributed by atoms with van der Waals surface area (Å²) in [5.74, 6) is 0. The van der Waals surface area contributed by atoms with Crippen molar-refractivity contribution in [3.05, 3.63) is 55.9 Å². The Morgan fingerprint density at radius 1 is 1.06 bits per heavy atom. The molecule has 0 saturated heterocycles. The molecule has 0 fully saturated rings. The van der Waals surface area contributed by atoms with E-state index < -0.39 is 0 Å². The second-order valence-electron chi connectivity index (χ2n) is 3.18. The first kappa shape index (κ1) is 11.5. The number of aromatic amines is 1. The van der Waals surface area contributed by atoms with Gasteiger partial charge in [-0.2, -0.15) is 0 Å². The van der Waals surface area contributed by atoms with E-state index >= 15 is 0 Å². The van der Waals surface area contributed by atoms with Crippen LogP contribution in [0.3, 0.4) is 0 Å². The van der Waals surface area contributed by atoms with Crippen LogP contribution in [0.15, 0.2) is 35.4 Å². The minimum atomic E-state index is -0.104. The molecule has 0 aliphatic carbocycles. The van der Waals surface area contributed by atoms with Gasteiger partial charge in [0.2, 0.25) is 0 Å². The van der Waals surface area contributed by atoms with E-state index in [0.717, 1.165) is 0 Å². The smallest absolute Gasteiger partial charge is 0.189 e. The van der Waals surface area contributed by atoms with Crippen molar-refractivity contribution in [3.8, 4) is 11.1 Å². The van der Waals surface area contributed by atoms with Crippen molar-refractivity contribution in [1.82, 2.24) is 4.98 Å². The Morgan fingerprint density at radius 3 is 2.25 bits per heavy atom. The van der Waals surface area contributed by atoms with Gasteiger partial charge in [0.1, 0.15) is 0 Å². The second kappa shape index (κ2) is 4.50. The summed E-state index contributed by atoms with van der Waals surface area (Å²) in [5.41, 5.74) is 1.04. The number of nitrogens with one attached hydrogen (secondary N) is 1. The maximum atomic E-state index is 11.6. The normalized spacial score (nSPS) is 10.4. The first-order valence-electron chi connectivity index (χ1n) is 4.41. The third-order valence-electron chi connectivity index (χ3n) is 2.12. The summed E-state index contributed by atoms with van der Waals surface area (Å²) in [7, 11) is 0. The molecule has 2 aromatic rings. The van der Waals surface area contributed by atoms with Crippen LogP contribution in [0.1, 0.15) is 0 Å². The van der Waals surface area contributed by atoms with Gasteiger partial charge >= 0.3 is 0 Å². The van der Waals surface area contributed by atoms with Crippen molar-refractivity contribution in [2.24, 2.45) is 0 Å². The van der Waals surface area contributed by atoms with E-state index in [2.05, 4.69) is 4.98 Å². The van der Waals surface area contributed by atoms with Crippen molar-refractivity contribution >= 4 is 34.8 Å². The molecule has 5 heteroatoms. The van der Waals surface area contributed by atoms with Gasteiger partial charge < -0.3 is 4.98 Å². The Balaban J connectivity index is 2.67. The molecule has 2 rings (SSSR count). The molecule has 0 spiro atoms. The fourth-order valence-corrected chi connectivity index (χ4v) is 1.95. The largest absolute Gasteiger partial charge is 0.367 e. The zero-order valence-electron chi connectivity index (χ0n) is 7.93. The molecule has 82 valence electrons. The minimum absolute atomic E-state index is 0.104. The topological polar surface area (TPSA) is 32.9 Å². The maximum Gasteiger partial charge on any atom is 0.189 e. The summed E-state index contributed by atoms with van der Waals surface area (Å²) in [6.45, 7) is 0. The molecule has 1 aromatic heterocycles. The number of aromatic nitrogens is 1. The number of hydrogen-bond acceptors (Lipinski definition) is 1. The lowest BCUT2D eigenvalue weighted by molar-refractivity contribution is 1.30. The van der Waals surface area contributed by atoms with Crippen LogP contribution in [0, 0.1) is 0 Å².